The van der Waals surface area contributed by atoms with E-state index in [-0.39, 0.29) is 24.3 Å². The van der Waals surface area contributed by atoms with Gasteiger partial charge in [0.05, 0.1) is 19.3 Å². The number of nitrogens with one attached hydrogen (secondary N) is 1. The van der Waals surface area contributed by atoms with E-state index in [9.17, 15) is 4.39 Å². The van der Waals surface area contributed by atoms with Crippen molar-refractivity contribution in [2.45, 2.75) is 13.0 Å². The second-order valence-corrected chi connectivity index (χ2v) is 4.08. The second-order valence-electron chi connectivity index (χ2n) is 3.67. The third-order valence-electron chi connectivity index (χ3n) is 2.59. The number of hydrogen-bond acceptors (Lipinski definition) is 2. The van der Waals surface area contributed by atoms with Crippen molar-refractivity contribution in [3.05, 3.63) is 34.1 Å². The van der Waals surface area contributed by atoms with Gasteiger partial charge >= 0.3 is 0 Å². The highest BCUT2D eigenvalue weighted by molar-refractivity contribution is 6.31. The number of morpholine rings is 1. The van der Waals surface area contributed by atoms with E-state index in [0.29, 0.717) is 29.4 Å². The number of ether oxygens (including phenoxy) is 1. The lowest BCUT2D eigenvalue weighted by Crippen LogP contribution is -2.35. The molecule has 1 saturated heterocycles. The minimum absolute atomic E-state index is 0. The van der Waals surface area contributed by atoms with E-state index in [0.717, 1.165) is 6.54 Å². The normalized spacial score (nSPS) is 20.3. The molecule has 1 heterocycles. The van der Waals surface area contributed by atoms with Crippen molar-refractivity contribution >= 4 is 24.0 Å². The van der Waals surface area contributed by atoms with E-state index in [4.69, 9.17) is 16.3 Å². The summed E-state index contributed by atoms with van der Waals surface area (Å²) in [4.78, 5) is 0. The van der Waals surface area contributed by atoms with Crippen molar-refractivity contribution in [1.82, 2.24) is 5.32 Å². The Bertz CT molecular complexity index is 367. The monoisotopic (exact) mass is 265 g/mol. The van der Waals surface area contributed by atoms with Gasteiger partial charge in [0, 0.05) is 17.1 Å². The average Bonchev–Trinajstić information content (AvgIpc) is 2.26. The van der Waals surface area contributed by atoms with Crippen LogP contribution in [0.25, 0.3) is 0 Å². The Morgan fingerprint density at radius 1 is 1.50 bits per heavy atom. The standard InChI is InChI=1S/C11H13ClFNO.ClH/c1-7-2-3-8(12)10(11(7)13)9-6-15-5-4-14-9;/h2-3,9,14H,4-6H2,1H3;1H/t9-;/m0./s1. The van der Waals surface area contributed by atoms with Crippen LogP contribution in [0.2, 0.25) is 5.02 Å². The van der Waals surface area contributed by atoms with Crippen LogP contribution in [-0.4, -0.2) is 19.8 Å². The van der Waals surface area contributed by atoms with Crippen LogP contribution < -0.4 is 5.32 Å². The Morgan fingerprint density at radius 2 is 2.25 bits per heavy atom. The number of aryl methyl sites for hydroxylation is 1. The molecule has 2 rings (SSSR count). The molecule has 1 aromatic rings. The Morgan fingerprint density at radius 3 is 2.88 bits per heavy atom. The lowest BCUT2D eigenvalue weighted by atomic mass is 10.0. The first kappa shape index (κ1) is 13.7. The van der Waals surface area contributed by atoms with Gasteiger partial charge in [0.15, 0.2) is 0 Å². The molecule has 1 aliphatic rings. The van der Waals surface area contributed by atoms with E-state index < -0.39 is 0 Å². The van der Waals surface area contributed by atoms with Crippen LogP contribution in [0.15, 0.2) is 12.1 Å². The number of benzene rings is 1. The summed E-state index contributed by atoms with van der Waals surface area (Å²) >= 11 is 6.00. The Kier molecular flexibility index (Phi) is 4.99. The summed E-state index contributed by atoms with van der Waals surface area (Å²) in [5, 5.41) is 3.65. The van der Waals surface area contributed by atoms with Crippen molar-refractivity contribution in [2.75, 3.05) is 19.8 Å². The Labute approximate surface area is 106 Å². The molecular formula is C11H14Cl2FNO. The lowest BCUT2D eigenvalue weighted by molar-refractivity contribution is 0.0757. The molecule has 2 nitrogen and oxygen atoms in total. The average molecular weight is 266 g/mol. The topological polar surface area (TPSA) is 21.3 Å². The van der Waals surface area contributed by atoms with E-state index in [1.807, 2.05) is 0 Å². The number of hydrogen-bond donors (Lipinski definition) is 1. The van der Waals surface area contributed by atoms with Crippen LogP contribution in [-0.2, 0) is 4.74 Å². The van der Waals surface area contributed by atoms with Gasteiger partial charge in [-0.2, -0.15) is 0 Å². The first-order chi connectivity index (χ1) is 7.20. The van der Waals surface area contributed by atoms with Crippen molar-refractivity contribution in [1.29, 1.82) is 0 Å². The molecule has 16 heavy (non-hydrogen) atoms. The molecular weight excluding hydrogens is 252 g/mol. The molecule has 1 fully saturated rings. The van der Waals surface area contributed by atoms with Gasteiger partial charge in [0.2, 0.25) is 0 Å². The van der Waals surface area contributed by atoms with Crippen LogP contribution in [0.3, 0.4) is 0 Å². The van der Waals surface area contributed by atoms with Gasteiger partial charge in [0.25, 0.3) is 0 Å². The molecule has 90 valence electrons. The summed E-state index contributed by atoms with van der Waals surface area (Å²) in [6, 6.07) is 3.28. The van der Waals surface area contributed by atoms with Crippen LogP contribution in [0.4, 0.5) is 4.39 Å². The van der Waals surface area contributed by atoms with E-state index in [1.54, 1.807) is 19.1 Å². The minimum Gasteiger partial charge on any atom is -0.378 e. The molecule has 1 N–H and O–H groups in total. The number of halogens is 3. The van der Waals surface area contributed by atoms with Crippen molar-refractivity contribution in [2.24, 2.45) is 0 Å². The third kappa shape index (κ3) is 2.66. The first-order valence-corrected chi connectivity index (χ1v) is 5.33. The zero-order valence-electron chi connectivity index (χ0n) is 8.93. The van der Waals surface area contributed by atoms with E-state index in [1.165, 1.54) is 0 Å². The highest BCUT2D eigenvalue weighted by Crippen LogP contribution is 2.28. The van der Waals surface area contributed by atoms with Gasteiger partial charge in [-0.3, -0.25) is 0 Å². The van der Waals surface area contributed by atoms with Gasteiger partial charge in [-0.1, -0.05) is 17.7 Å². The summed E-state index contributed by atoms with van der Waals surface area (Å²) in [7, 11) is 0. The zero-order chi connectivity index (χ0) is 10.8. The first-order valence-electron chi connectivity index (χ1n) is 4.96. The van der Waals surface area contributed by atoms with Crippen molar-refractivity contribution < 1.29 is 9.13 Å². The molecule has 1 aromatic carbocycles. The molecule has 0 saturated carbocycles. The molecule has 5 heteroatoms. The lowest BCUT2D eigenvalue weighted by Gasteiger charge is -2.25. The van der Waals surface area contributed by atoms with Crippen molar-refractivity contribution in [3.8, 4) is 0 Å². The fraction of sp³-hybridized carbons (Fsp3) is 0.455. The van der Waals surface area contributed by atoms with Crippen LogP contribution in [0.1, 0.15) is 17.2 Å². The SMILES string of the molecule is Cc1ccc(Cl)c([C@@H]2COCCN2)c1F.Cl. The summed E-state index contributed by atoms with van der Waals surface area (Å²) in [5.41, 5.74) is 1.14. The Hall–Kier alpha value is -0.350. The van der Waals surface area contributed by atoms with Crippen LogP contribution in [0, 0.1) is 12.7 Å². The minimum atomic E-state index is -0.231. The van der Waals surface area contributed by atoms with Crippen LogP contribution in [0.5, 0.6) is 0 Å². The molecule has 1 atom stereocenters. The summed E-state index contributed by atoms with van der Waals surface area (Å²) < 4.78 is 19.2. The molecule has 0 amide bonds. The van der Waals surface area contributed by atoms with Gasteiger partial charge in [-0.25, -0.2) is 4.39 Å². The Balaban J connectivity index is 0.00000128. The molecule has 0 aromatic heterocycles. The molecule has 0 radical (unpaired) electrons. The maximum Gasteiger partial charge on any atom is 0.132 e. The fourth-order valence-corrected chi connectivity index (χ4v) is 2.03. The predicted molar refractivity (Wildman–Crippen MR) is 65.0 cm³/mol. The summed E-state index contributed by atoms with van der Waals surface area (Å²) in [5.74, 6) is -0.231. The van der Waals surface area contributed by atoms with Gasteiger partial charge in [-0.05, 0) is 18.6 Å². The zero-order valence-corrected chi connectivity index (χ0v) is 10.5. The second kappa shape index (κ2) is 5.82. The van der Waals surface area contributed by atoms with E-state index in [2.05, 4.69) is 5.32 Å². The fourth-order valence-electron chi connectivity index (χ4n) is 1.75. The van der Waals surface area contributed by atoms with Crippen LogP contribution >= 0.6 is 24.0 Å². The maximum absolute atomic E-state index is 13.9. The highest BCUT2D eigenvalue weighted by Gasteiger charge is 2.22. The van der Waals surface area contributed by atoms with Gasteiger partial charge < -0.3 is 10.1 Å². The van der Waals surface area contributed by atoms with Gasteiger partial charge in [-0.15, -0.1) is 12.4 Å². The molecule has 1 aliphatic heterocycles. The predicted octanol–water partition coefficient (Wildman–Crippen LogP) is 2.87. The smallest absolute Gasteiger partial charge is 0.132 e. The van der Waals surface area contributed by atoms with E-state index >= 15 is 0 Å². The molecule has 0 spiro atoms. The van der Waals surface area contributed by atoms with Crippen molar-refractivity contribution in [3.63, 3.8) is 0 Å². The molecule has 0 bridgehead atoms. The maximum atomic E-state index is 13.9. The largest absolute Gasteiger partial charge is 0.378 e. The third-order valence-corrected chi connectivity index (χ3v) is 2.92. The molecule has 0 unspecified atom stereocenters. The number of rotatable bonds is 1. The summed E-state index contributed by atoms with van der Waals surface area (Å²) in [6.45, 7) is 3.61. The van der Waals surface area contributed by atoms with Gasteiger partial charge in [0.1, 0.15) is 5.82 Å². The highest BCUT2D eigenvalue weighted by atomic mass is 35.5. The summed E-state index contributed by atoms with van der Waals surface area (Å²) in [6.07, 6.45) is 0. The quantitative estimate of drug-likeness (QED) is 0.843. The molecule has 0 aliphatic carbocycles.